The summed E-state index contributed by atoms with van der Waals surface area (Å²) in [6.07, 6.45) is 0. The minimum Gasteiger partial charge on any atom is -0.331 e. The number of carbonyl (C=O) groups is 3. The van der Waals surface area contributed by atoms with Crippen molar-refractivity contribution < 1.29 is 14.4 Å². The molecule has 0 bridgehead atoms. The molecule has 0 spiro atoms. The first kappa shape index (κ1) is 17.7. The average Bonchev–Trinajstić information content (AvgIpc) is 2.77. The lowest BCUT2D eigenvalue weighted by molar-refractivity contribution is -0.140. The standard InChI is InChI=1S/C17H21ClN4O3/c1-17(2)15(24)22(16(25)20-17)10-14(23)21-8-7-19-9-13(21)11-5-3-4-6-12(11)18/h3-6,13,19H,7-10H2,1-2H3,(H,20,25). The number of carbonyl (C=O) groups excluding carboxylic acids is 3. The Labute approximate surface area is 151 Å². The Bertz CT molecular complexity index is 722. The zero-order valence-electron chi connectivity index (χ0n) is 14.2. The van der Waals surface area contributed by atoms with Crippen molar-refractivity contribution in [3.05, 3.63) is 34.9 Å². The number of urea groups is 1. The van der Waals surface area contributed by atoms with Gasteiger partial charge in [0.1, 0.15) is 12.1 Å². The molecule has 0 saturated carbocycles. The summed E-state index contributed by atoms with van der Waals surface area (Å²) in [5.74, 6) is -0.664. The van der Waals surface area contributed by atoms with Crippen molar-refractivity contribution >= 4 is 29.4 Å². The second-order valence-electron chi connectivity index (χ2n) is 6.78. The second kappa shape index (κ2) is 6.65. The van der Waals surface area contributed by atoms with Gasteiger partial charge in [-0.2, -0.15) is 0 Å². The fourth-order valence-corrected chi connectivity index (χ4v) is 3.48. The maximum Gasteiger partial charge on any atom is 0.325 e. The number of rotatable bonds is 3. The third-order valence-corrected chi connectivity index (χ3v) is 4.91. The molecule has 8 heteroatoms. The highest BCUT2D eigenvalue weighted by Gasteiger charge is 2.45. The van der Waals surface area contributed by atoms with E-state index in [0.29, 0.717) is 24.7 Å². The average molecular weight is 365 g/mol. The molecule has 25 heavy (non-hydrogen) atoms. The number of benzene rings is 1. The lowest BCUT2D eigenvalue weighted by atomic mass is 10.0. The number of halogens is 1. The van der Waals surface area contributed by atoms with Gasteiger partial charge < -0.3 is 15.5 Å². The molecule has 2 aliphatic heterocycles. The zero-order chi connectivity index (χ0) is 18.2. The van der Waals surface area contributed by atoms with E-state index in [4.69, 9.17) is 11.6 Å². The van der Waals surface area contributed by atoms with Gasteiger partial charge >= 0.3 is 6.03 Å². The summed E-state index contributed by atoms with van der Waals surface area (Å²) in [5.41, 5.74) is -0.134. The van der Waals surface area contributed by atoms with Crippen LogP contribution >= 0.6 is 11.6 Å². The topological polar surface area (TPSA) is 81.8 Å². The number of amides is 4. The van der Waals surface area contributed by atoms with Gasteiger partial charge in [-0.05, 0) is 25.5 Å². The van der Waals surface area contributed by atoms with Crippen LogP contribution in [0, 0.1) is 0 Å². The summed E-state index contributed by atoms with van der Waals surface area (Å²) in [6.45, 7) is 4.68. The second-order valence-corrected chi connectivity index (χ2v) is 7.18. The minimum atomic E-state index is -0.983. The van der Waals surface area contributed by atoms with Gasteiger partial charge in [0.15, 0.2) is 0 Å². The van der Waals surface area contributed by atoms with Gasteiger partial charge in [-0.25, -0.2) is 4.79 Å². The largest absolute Gasteiger partial charge is 0.331 e. The van der Waals surface area contributed by atoms with Crippen LogP contribution in [-0.4, -0.2) is 59.4 Å². The summed E-state index contributed by atoms with van der Waals surface area (Å²) in [4.78, 5) is 39.8. The zero-order valence-corrected chi connectivity index (χ0v) is 15.0. The molecule has 2 fully saturated rings. The number of piperazine rings is 1. The maximum absolute atomic E-state index is 12.8. The number of nitrogens with zero attached hydrogens (tertiary/aromatic N) is 2. The summed E-state index contributed by atoms with van der Waals surface area (Å²) >= 11 is 6.29. The molecule has 0 aliphatic carbocycles. The van der Waals surface area contributed by atoms with Crippen LogP contribution in [0.4, 0.5) is 4.79 Å². The molecular formula is C17H21ClN4O3. The molecule has 4 amide bonds. The Morgan fingerprint density at radius 2 is 2.04 bits per heavy atom. The molecule has 2 N–H and O–H groups in total. The molecule has 3 rings (SSSR count). The third kappa shape index (κ3) is 3.34. The van der Waals surface area contributed by atoms with Gasteiger partial charge in [-0.1, -0.05) is 29.8 Å². The van der Waals surface area contributed by atoms with Gasteiger partial charge in [-0.15, -0.1) is 0 Å². The Morgan fingerprint density at radius 3 is 2.68 bits per heavy atom. The van der Waals surface area contributed by atoms with Crippen molar-refractivity contribution in [1.82, 2.24) is 20.4 Å². The summed E-state index contributed by atoms with van der Waals surface area (Å²) < 4.78 is 0. The highest BCUT2D eigenvalue weighted by atomic mass is 35.5. The molecule has 134 valence electrons. The first-order valence-corrected chi connectivity index (χ1v) is 8.58. The van der Waals surface area contributed by atoms with Gasteiger partial charge in [0.25, 0.3) is 5.91 Å². The summed E-state index contributed by atoms with van der Waals surface area (Å²) in [5, 5.41) is 6.43. The Hall–Kier alpha value is -2.12. The van der Waals surface area contributed by atoms with E-state index in [9.17, 15) is 14.4 Å². The predicted octanol–water partition coefficient (Wildman–Crippen LogP) is 1.14. The van der Waals surface area contributed by atoms with Crippen LogP contribution in [0.2, 0.25) is 5.02 Å². The molecular weight excluding hydrogens is 344 g/mol. The van der Waals surface area contributed by atoms with Crippen LogP contribution < -0.4 is 10.6 Å². The van der Waals surface area contributed by atoms with Crippen molar-refractivity contribution in [2.24, 2.45) is 0 Å². The monoisotopic (exact) mass is 364 g/mol. The van der Waals surface area contributed by atoms with E-state index < -0.39 is 17.5 Å². The molecule has 7 nitrogen and oxygen atoms in total. The van der Waals surface area contributed by atoms with Gasteiger partial charge in [0, 0.05) is 24.7 Å². The van der Waals surface area contributed by atoms with Crippen LogP contribution in [0.5, 0.6) is 0 Å². The molecule has 1 unspecified atom stereocenters. The summed E-state index contributed by atoms with van der Waals surface area (Å²) in [7, 11) is 0. The normalized spacial score (nSPS) is 22.9. The van der Waals surface area contributed by atoms with E-state index >= 15 is 0 Å². The molecule has 1 aromatic rings. The third-order valence-electron chi connectivity index (χ3n) is 4.57. The SMILES string of the molecule is CC1(C)NC(=O)N(CC(=O)N2CCNCC2c2ccccc2Cl)C1=O. The van der Waals surface area contributed by atoms with Crippen LogP contribution in [0.1, 0.15) is 25.5 Å². The number of nitrogens with one attached hydrogen (secondary N) is 2. The minimum absolute atomic E-state index is 0.233. The van der Waals surface area contributed by atoms with Crippen LogP contribution in [0.25, 0.3) is 0 Å². The fourth-order valence-electron chi connectivity index (χ4n) is 3.21. The molecule has 1 aromatic carbocycles. The highest BCUT2D eigenvalue weighted by Crippen LogP contribution is 2.29. The van der Waals surface area contributed by atoms with E-state index in [1.807, 2.05) is 18.2 Å². The molecule has 1 atom stereocenters. The van der Waals surface area contributed by atoms with Gasteiger partial charge in [-0.3, -0.25) is 14.5 Å². The van der Waals surface area contributed by atoms with Crippen molar-refractivity contribution in [3.63, 3.8) is 0 Å². The lowest BCUT2D eigenvalue weighted by Gasteiger charge is -2.37. The first-order chi connectivity index (χ1) is 11.8. The van der Waals surface area contributed by atoms with E-state index in [0.717, 1.165) is 10.5 Å². The van der Waals surface area contributed by atoms with Crippen LogP contribution in [0.3, 0.4) is 0 Å². The van der Waals surface area contributed by atoms with Crippen molar-refractivity contribution in [3.8, 4) is 0 Å². The highest BCUT2D eigenvalue weighted by molar-refractivity contribution is 6.31. The van der Waals surface area contributed by atoms with Crippen molar-refractivity contribution in [2.45, 2.75) is 25.4 Å². The van der Waals surface area contributed by atoms with E-state index in [1.165, 1.54) is 0 Å². The van der Waals surface area contributed by atoms with Crippen molar-refractivity contribution in [2.75, 3.05) is 26.2 Å². The summed E-state index contributed by atoms with van der Waals surface area (Å²) in [6, 6.07) is 6.62. The fraction of sp³-hybridized carbons (Fsp3) is 0.471. The quantitative estimate of drug-likeness (QED) is 0.788. The molecule has 2 heterocycles. The lowest BCUT2D eigenvalue weighted by Crippen LogP contribution is -2.52. The van der Waals surface area contributed by atoms with Crippen molar-refractivity contribution in [1.29, 1.82) is 0 Å². The molecule has 2 aliphatic rings. The Kier molecular flexibility index (Phi) is 4.71. The van der Waals surface area contributed by atoms with E-state index in [2.05, 4.69) is 10.6 Å². The van der Waals surface area contributed by atoms with Gasteiger partial charge in [0.2, 0.25) is 5.91 Å². The Morgan fingerprint density at radius 1 is 1.32 bits per heavy atom. The van der Waals surface area contributed by atoms with Gasteiger partial charge in [0.05, 0.1) is 6.04 Å². The van der Waals surface area contributed by atoms with Crippen LogP contribution in [0.15, 0.2) is 24.3 Å². The number of imide groups is 1. The smallest absolute Gasteiger partial charge is 0.325 e. The number of hydrogen-bond acceptors (Lipinski definition) is 4. The molecule has 0 aromatic heterocycles. The predicted molar refractivity (Wildman–Crippen MR) is 93.1 cm³/mol. The number of hydrogen-bond donors (Lipinski definition) is 2. The first-order valence-electron chi connectivity index (χ1n) is 8.20. The molecule has 0 radical (unpaired) electrons. The maximum atomic E-state index is 12.8. The molecule has 2 saturated heterocycles. The Balaban J connectivity index is 1.79. The van der Waals surface area contributed by atoms with E-state index in [1.54, 1.807) is 24.8 Å². The van der Waals surface area contributed by atoms with E-state index in [-0.39, 0.29) is 18.5 Å². The van der Waals surface area contributed by atoms with Crippen LogP contribution in [-0.2, 0) is 9.59 Å².